The number of rotatable bonds is 2. The van der Waals surface area contributed by atoms with Gasteiger partial charge in [-0.05, 0) is 13.8 Å². The van der Waals surface area contributed by atoms with Gasteiger partial charge in [0.25, 0.3) is 0 Å². The van der Waals surface area contributed by atoms with E-state index in [0.29, 0.717) is 5.03 Å². The van der Waals surface area contributed by atoms with Gasteiger partial charge in [-0.25, -0.2) is 0 Å². The van der Waals surface area contributed by atoms with E-state index in [9.17, 15) is 10.1 Å². The Morgan fingerprint density at radius 2 is 1.67 bits per heavy atom. The van der Waals surface area contributed by atoms with Crippen LogP contribution >= 0.6 is 34.8 Å². The summed E-state index contributed by atoms with van der Waals surface area (Å²) in [4.78, 5) is 9.70. The first-order chi connectivity index (χ1) is 5.37. The minimum absolute atomic E-state index is 0.265. The number of nitro groups is 1. The monoisotopic (exact) mass is 229 g/mol. The second kappa shape index (κ2) is 4.70. The highest BCUT2D eigenvalue weighted by molar-refractivity contribution is 6.56. The molecule has 0 aromatic carbocycles. The summed E-state index contributed by atoms with van der Waals surface area (Å²) in [5.74, 6) is 0. The van der Waals surface area contributed by atoms with Gasteiger partial charge in [0.05, 0.1) is 4.92 Å². The minimum Gasteiger partial charge on any atom is -0.258 e. The van der Waals surface area contributed by atoms with Gasteiger partial charge >= 0.3 is 5.70 Å². The molecular formula is C6H6Cl3NO2. The maximum atomic E-state index is 10.4. The molecule has 0 aliphatic heterocycles. The molecule has 0 amide bonds. The highest BCUT2D eigenvalue weighted by Gasteiger charge is 2.19. The van der Waals surface area contributed by atoms with Crippen molar-refractivity contribution in [1.29, 1.82) is 0 Å². The van der Waals surface area contributed by atoms with E-state index in [-0.39, 0.29) is 11.3 Å². The van der Waals surface area contributed by atoms with Gasteiger partial charge in [0.15, 0.2) is 4.49 Å². The molecule has 0 rings (SSSR count). The molecule has 3 nitrogen and oxygen atoms in total. The number of hydrogen-bond acceptors (Lipinski definition) is 2. The van der Waals surface area contributed by atoms with Crippen molar-refractivity contribution in [3.8, 4) is 0 Å². The van der Waals surface area contributed by atoms with Crippen molar-refractivity contribution in [1.82, 2.24) is 0 Å². The van der Waals surface area contributed by atoms with E-state index in [1.807, 2.05) is 0 Å². The maximum Gasteiger partial charge on any atom is 0.303 e. The molecule has 0 aromatic heterocycles. The van der Waals surface area contributed by atoms with E-state index >= 15 is 0 Å². The molecule has 0 fully saturated rings. The quantitative estimate of drug-likeness (QED) is 0.414. The Bertz CT molecular complexity index is 262. The fourth-order valence-electron chi connectivity index (χ4n) is 0.511. The Hall–Kier alpha value is -0.250. The fraction of sp³-hybridized carbons (Fsp3) is 0.333. The molecule has 0 saturated heterocycles. The van der Waals surface area contributed by atoms with E-state index in [1.165, 1.54) is 13.8 Å². The first-order valence-electron chi connectivity index (χ1n) is 2.91. The van der Waals surface area contributed by atoms with Crippen LogP contribution in [0.2, 0.25) is 0 Å². The van der Waals surface area contributed by atoms with Crippen LogP contribution in [-0.4, -0.2) is 4.92 Å². The smallest absolute Gasteiger partial charge is 0.258 e. The zero-order valence-electron chi connectivity index (χ0n) is 6.40. The average molecular weight is 230 g/mol. The molecule has 0 atom stereocenters. The lowest BCUT2D eigenvalue weighted by atomic mass is 10.2. The van der Waals surface area contributed by atoms with Gasteiger partial charge in [-0.3, -0.25) is 10.1 Å². The SMILES string of the molecule is C/C(Cl)=C(\C)C(=C(Cl)Cl)[N+](=O)[O-]. The lowest BCUT2D eigenvalue weighted by Crippen LogP contribution is -2.01. The van der Waals surface area contributed by atoms with Gasteiger partial charge in [-0.2, -0.15) is 0 Å². The maximum absolute atomic E-state index is 10.4. The summed E-state index contributed by atoms with van der Waals surface area (Å²) < 4.78 is -0.391. The number of hydrogen-bond donors (Lipinski definition) is 0. The first kappa shape index (κ1) is 11.8. The summed E-state index contributed by atoms with van der Waals surface area (Å²) in [6, 6.07) is 0. The van der Waals surface area contributed by atoms with Crippen molar-refractivity contribution in [2.45, 2.75) is 13.8 Å². The van der Waals surface area contributed by atoms with Crippen LogP contribution < -0.4 is 0 Å². The second-order valence-corrected chi connectivity index (χ2v) is 3.54. The third-order valence-electron chi connectivity index (χ3n) is 1.23. The number of nitrogens with zero attached hydrogens (tertiary/aromatic N) is 1. The average Bonchev–Trinajstić information content (AvgIpc) is 1.85. The molecule has 0 saturated carbocycles. The topological polar surface area (TPSA) is 43.1 Å². The highest BCUT2D eigenvalue weighted by atomic mass is 35.5. The molecule has 0 spiro atoms. The molecule has 0 unspecified atom stereocenters. The van der Waals surface area contributed by atoms with Gasteiger partial charge in [-0.1, -0.05) is 34.8 Å². The molecule has 0 aliphatic carbocycles. The van der Waals surface area contributed by atoms with Crippen LogP contribution in [0.15, 0.2) is 20.8 Å². The molecule has 0 aromatic rings. The summed E-state index contributed by atoms with van der Waals surface area (Å²) in [7, 11) is 0. The largest absolute Gasteiger partial charge is 0.303 e. The van der Waals surface area contributed by atoms with Crippen LogP contribution in [0.1, 0.15) is 13.8 Å². The van der Waals surface area contributed by atoms with E-state index in [2.05, 4.69) is 0 Å². The lowest BCUT2D eigenvalue weighted by Gasteiger charge is -1.98. The molecule has 68 valence electrons. The lowest BCUT2D eigenvalue weighted by molar-refractivity contribution is -0.420. The zero-order chi connectivity index (χ0) is 9.89. The van der Waals surface area contributed by atoms with E-state index in [1.54, 1.807) is 0 Å². The molecule has 0 bridgehead atoms. The van der Waals surface area contributed by atoms with Crippen molar-refractivity contribution in [3.63, 3.8) is 0 Å². The second-order valence-electron chi connectivity index (χ2n) is 2.02. The summed E-state index contributed by atoms with van der Waals surface area (Å²) in [5.41, 5.74) is -0.0903. The van der Waals surface area contributed by atoms with Crippen molar-refractivity contribution >= 4 is 34.8 Å². The highest BCUT2D eigenvalue weighted by Crippen LogP contribution is 2.24. The van der Waals surface area contributed by atoms with Crippen LogP contribution in [0.3, 0.4) is 0 Å². The van der Waals surface area contributed by atoms with E-state index in [4.69, 9.17) is 34.8 Å². The van der Waals surface area contributed by atoms with Crippen LogP contribution in [0.25, 0.3) is 0 Å². The van der Waals surface area contributed by atoms with Crippen molar-refractivity contribution < 1.29 is 4.92 Å². The molecule has 0 radical (unpaired) electrons. The summed E-state index contributed by atoms with van der Waals surface area (Å²) in [6.07, 6.45) is 0. The van der Waals surface area contributed by atoms with Gasteiger partial charge in [0, 0.05) is 10.6 Å². The number of halogens is 3. The van der Waals surface area contributed by atoms with E-state index in [0.717, 1.165) is 0 Å². The van der Waals surface area contributed by atoms with Crippen LogP contribution in [0.4, 0.5) is 0 Å². The Morgan fingerprint density at radius 1 is 1.25 bits per heavy atom. The first-order valence-corrected chi connectivity index (χ1v) is 4.04. The van der Waals surface area contributed by atoms with Crippen LogP contribution in [0.5, 0.6) is 0 Å². The molecule has 12 heavy (non-hydrogen) atoms. The predicted octanol–water partition coefficient (Wildman–Crippen LogP) is 3.44. The molecule has 6 heteroatoms. The number of allylic oxidation sites excluding steroid dienone is 2. The summed E-state index contributed by atoms with van der Waals surface area (Å²) in [5, 5.41) is 10.7. The molecule has 0 N–H and O–H groups in total. The normalized spacial score (nSPS) is 12.1. The van der Waals surface area contributed by atoms with Crippen molar-refractivity contribution in [2.24, 2.45) is 0 Å². The Morgan fingerprint density at radius 3 is 1.75 bits per heavy atom. The van der Waals surface area contributed by atoms with Gasteiger partial charge in [-0.15, -0.1) is 0 Å². The third kappa shape index (κ3) is 3.01. The predicted molar refractivity (Wildman–Crippen MR) is 50.0 cm³/mol. The fourth-order valence-corrected chi connectivity index (χ4v) is 1.02. The Labute approximate surface area is 84.7 Å². The van der Waals surface area contributed by atoms with Gasteiger partial charge in [0.1, 0.15) is 0 Å². The minimum atomic E-state index is -0.670. The molecule has 0 aliphatic rings. The third-order valence-corrected chi connectivity index (χ3v) is 1.88. The summed E-state index contributed by atoms with van der Waals surface area (Å²) in [6.45, 7) is 3.00. The van der Waals surface area contributed by atoms with Gasteiger partial charge in [0.2, 0.25) is 0 Å². The van der Waals surface area contributed by atoms with Crippen LogP contribution in [0, 0.1) is 10.1 Å². The van der Waals surface area contributed by atoms with Crippen LogP contribution in [-0.2, 0) is 0 Å². The zero-order valence-corrected chi connectivity index (χ0v) is 8.67. The van der Waals surface area contributed by atoms with Crippen molar-refractivity contribution in [2.75, 3.05) is 0 Å². The molecule has 0 heterocycles. The summed E-state index contributed by atoms with van der Waals surface area (Å²) >= 11 is 16.1. The Kier molecular flexibility index (Phi) is 4.60. The van der Waals surface area contributed by atoms with E-state index < -0.39 is 9.41 Å². The Balaban J connectivity index is 5.21. The standard InChI is InChI=1S/C6H6Cl3NO2/c1-3(4(2)7)5(6(8)9)10(11)12/h1-2H3/b4-3-. The van der Waals surface area contributed by atoms with Gasteiger partial charge < -0.3 is 0 Å². The molecular weight excluding hydrogens is 224 g/mol. The van der Waals surface area contributed by atoms with Crippen molar-refractivity contribution in [3.05, 3.63) is 30.9 Å².